The molecule has 6 nitrogen and oxygen atoms in total. The predicted molar refractivity (Wildman–Crippen MR) is 122 cm³/mol. The molecule has 0 radical (unpaired) electrons. The van der Waals surface area contributed by atoms with Gasteiger partial charge in [-0.25, -0.2) is 0 Å². The first kappa shape index (κ1) is 20.0. The van der Waals surface area contributed by atoms with Gasteiger partial charge >= 0.3 is 0 Å². The Morgan fingerprint density at radius 3 is 2.19 bits per heavy atom. The molecule has 0 aromatic heterocycles. The second-order valence-electron chi connectivity index (χ2n) is 8.30. The van der Waals surface area contributed by atoms with Crippen LogP contribution >= 0.6 is 0 Å². The van der Waals surface area contributed by atoms with Crippen LogP contribution in [-0.4, -0.2) is 28.7 Å². The van der Waals surface area contributed by atoms with E-state index in [1.807, 2.05) is 72.8 Å². The summed E-state index contributed by atoms with van der Waals surface area (Å²) in [5.74, 6) is -0.276. The molecule has 6 heteroatoms. The molecule has 0 spiro atoms. The minimum atomic E-state index is -1.17. The van der Waals surface area contributed by atoms with Crippen LogP contribution in [-0.2, 0) is 16.9 Å². The van der Waals surface area contributed by atoms with Gasteiger partial charge in [0.2, 0.25) is 0 Å². The number of nitrogens with zero attached hydrogens (tertiary/aromatic N) is 1. The number of guanidine groups is 1. The number of hydrogen-bond donors (Lipinski definition) is 3. The summed E-state index contributed by atoms with van der Waals surface area (Å²) in [5, 5.41) is 14.8. The van der Waals surface area contributed by atoms with E-state index in [1.165, 1.54) is 4.90 Å². The van der Waals surface area contributed by atoms with Gasteiger partial charge in [0.25, 0.3) is 11.8 Å². The molecule has 0 bridgehead atoms. The fourth-order valence-electron chi connectivity index (χ4n) is 4.18. The van der Waals surface area contributed by atoms with Gasteiger partial charge < -0.3 is 10.6 Å². The second kappa shape index (κ2) is 7.96. The monoisotopic (exact) mass is 424 g/mol. The van der Waals surface area contributed by atoms with Crippen LogP contribution in [0.4, 0.5) is 0 Å². The molecule has 1 heterocycles. The van der Waals surface area contributed by atoms with Crippen molar-refractivity contribution in [2.75, 3.05) is 0 Å². The molecule has 1 saturated carbocycles. The van der Waals surface area contributed by atoms with Gasteiger partial charge in [-0.15, -0.1) is 0 Å². The lowest BCUT2D eigenvalue weighted by molar-refractivity contribution is -0.130. The van der Waals surface area contributed by atoms with Gasteiger partial charge in [0.15, 0.2) is 11.5 Å². The highest BCUT2D eigenvalue weighted by Crippen LogP contribution is 2.36. The van der Waals surface area contributed by atoms with Crippen molar-refractivity contribution in [1.82, 2.24) is 15.5 Å². The molecule has 0 atom stereocenters. The van der Waals surface area contributed by atoms with E-state index < -0.39 is 5.54 Å². The lowest BCUT2D eigenvalue weighted by Crippen LogP contribution is -2.45. The Morgan fingerprint density at radius 1 is 0.969 bits per heavy atom. The zero-order chi connectivity index (χ0) is 22.1. The zero-order valence-corrected chi connectivity index (χ0v) is 17.5. The molecule has 2 aliphatic rings. The van der Waals surface area contributed by atoms with Crippen molar-refractivity contribution in [2.24, 2.45) is 0 Å². The van der Waals surface area contributed by atoms with Crippen molar-refractivity contribution in [1.29, 1.82) is 5.41 Å². The molecule has 3 aromatic carbocycles. The van der Waals surface area contributed by atoms with E-state index in [0.29, 0.717) is 5.56 Å². The maximum atomic E-state index is 13.9. The molecule has 1 aliphatic carbocycles. The van der Waals surface area contributed by atoms with Crippen LogP contribution in [0.3, 0.4) is 0 Å². The van der Waals surface area contributed by atoms with Crippen molar-refractivity contribution < 1.29 is 9.59 Å². The summed E-state index contributed by atoms with van der Waals surface area (Å²) >= 11 is 0. The smallest absolute Gasteiger partial charge is 0.264 e. The van der Waals surface area contributed by atoms with Gasteiger partial charge in [0.1, 0.15) is 0 Å². The number of rotatable bonds is 6. The molecule has 2 fully saturated rings. The molecule has 0 unspecified atom stereocenters. The number of hydrogen-bond acceptors (Lipinski definition) is 3. The maximum Gasteiger partial charge on any atom is 0.264 e. The molecule has 160 valence electrons. The van der Waals surface area contributed by atoms with E-state index >= 15 is 0 Å². The fourth-order valence-corrected chi connectivity index (χ4v) is 4.18. The fraction of sp³-hybridized carbons (Fsp3) is 0.192. The van der Waals surface area contributed by atoms with Crippen molar-refractivity contribution in [3.8, 4) is 0 Å². The van der Waals surface area contributed by atoms with Crippen molar-refractivity contribution in [3.05, 3.63) is 107 Å². The SMILES string of the molecule is N=C1NC(c2ccccc2)(c2ccccc2)C(=O)N1Cc1cccc(C(=O)NC2CC2)c1. The lowest BCUT2D eigenvalue weighted by atomic mass is 9.82. The summed E-state index contributed by atoms with van der Waals surface area (Å²) in [6.45, 7) is 0.205. The Balaban J connectivity index is 1.47. The highest BCUT2D eigenvalue weighted by Gasteiger charge is 2.52. The first-order chi connectivity index (χ1) is 15.6. The molecule has 5 rings (SSSR count). The maximum absolute atomic E-state index is 13.9. The van der Waals surface area contributed by atoms with E-state index in [-0.39, 0.29) is 30.4 Å². The highest BCUT2D eigenvalue weighted by molar-refractivity contribution is 6.10. The first-order valence-electron chi connectivity index (χ1n) is 10.8. The minimum Gasteiger partial charge on any atom is -0.349 e. The second-order valence-corrected chi connectivity index (χ2v) is 8.30. The Labute approximate surface area is 186 Å². The Hall–Kier alpha value is -3.93. The van der Waals surface area contributed by atoms with Gasteiger partial charge in [-0.3, -0.25) is 19.9 Å². The minimum absolute atomic E-state index is 0.0375. The van der Waals surface area contributed by atoms with E-state index in [0.717, 1.165) is 29.5 Å². The number of benzene rings is 3. The molecule has 32 heavy (non-hydrogen) atoms. The third kappa shape index (κ3) is 3.54. The molecular weight excluding hydrogens is 400 g/mol. The van der Waals surface area contributed by atoms with E-state index in [9.17, 15) is 9.59 Å². The van der Waals surface area contributed by atoms with Crippen LogP contribution in [0.2, 0.25) is 0 Å². The van der Waals surface area contributed by atoms with Crippen molar-refractivity contribution in [2.45, 2.75) is 31.0 Å². The van der Waals surface area contributed by atoms with Crippen LogP contribution in [0.15, 0.2) is 84.9 Å². The van der Waals surface area contributed by atoms with Crippen LogP contribution in [0.5, 0.6) is 0 Å². The Morgan fingerprint density at radius 2 is 1.59 bits per heavy atom. The number of carbonyl (C=O) groups excluding carboxylic acids is 2. The summed E-state index contributed by atoms with van der Waals surface area (Å²) in [4.78, 5) is 27.7. The molecule has 3 N–H and O–H groups in total. The van der Waals surface area contributed by atoms with E-state index in [2.05, 4.69) is 10.6 Å². The molecule has 1 aliphatic heterocycles. The lowest BCUT2D eigenvalue weighted by Gasteiger charge is -2.28. The van der Waals surface area contributed by atoms with Gasteiger partial charge in [-0.2, -0.15) is 0 Å². The average molecular weight is 425 g/mol. The molecule has 2 amide bonds. The number of nitrogens with one attached hydrogen (secondary N) is 3. The predicted octanol–water partition coefficient (Wildman–Crippen LogP) is 3.39. The molecule has 1 saturated heterocycles. The van der Waals surface area contributed by atoms with Crippen LogP contribution in [0.25, 0.3) is 0 Å². The number of amides is 2. The standard InChI is InChI=1S/C26H24N4O2/c27-25-29-26(20-10-3-1-4-11-20,21-12-5-2-6-13-21)24(32)30(25)17-18-8-7-9-19(16-18)23(31)28-22-14-15-22/h1-13,16,22H,14-15,17H2,(H2,27,29)(H,28,31). The van der Waals surface area contributed by atoms with E-state index in [4.69, 9.17) is 5.41 Å². The quantitative estimate of drug-likeness (QED) is 0.567. The van der Waals surface area contributed by atoms with Gasteiger partial charge in [-0.1, -0.05) is 72.8 Å². The molecule has 3 aromatic rings. The van der Waals surface area contributed by atoms with Gasteiger partial charge in [0, 0.05) is 11.6 Å². The average Bonchev–Trinajstić information content (AvgIpc) is 3.61. The topological polar surface area (TPSA) is 85.3 Å². The summed E-state index contributed by atoms with van der Waals surface area (Å²) in [6.07, 6.45) is 2.05. The Bertz CT molecular complexity index is 1130. The van der Waals surface area contributed by atoms with Crippen LogP contribution < -0.4 is 10.6 Å². The van der Waals surface area contributed by atoms with Crippen LogP contribution in [0.1, 0.15) is 39.9 Å². The van der Waals surface area contributed by atoms with Gasteiger partial charge in [-0.05, 0) is 41.7 Å². The molecular formula is C26H24N4O2. The Kier molecular flexibility index (Phi) is 4.98. The first-order valence-corrected chi connectivity index (χ1v) is 10.8. The van der Waals surface area contributed by atoms with Crippen molar-refractivity contribution >= 4 is 17.8 Å². The van der Waals surface area contributed by atoms with Crippen LogP contribution in [0, 0.1) is 5.41 Å². The zero-order valence-electron chi connectivity index (χ0n) is 17.5. The summed E-state index contributed by atoms with van der Waals surface area (Å²) in [7, 11) is 0. The number of carbonyl (C=O) groups is 2. The summed E-state index contributed by atoms with van der Waals surface area (Å²) in [5.41, 5.74) is 1.76. The normalized spacial score (nSPS) is 17.2. The highest BCUT2D eigenvalue weighted by atomic mass is 16.2. The van der Waals surface area contributed by atoms with E-state index in [1.54, 1.807) is 12.1 Å². The largest absolute Gasteiger partial charge is 0.349 e. The third-order valence-corrected chi connectivity index (χ3v) is 6.00. The summed E-state index contributed by atoms with van der Waals surface area (Å²) < 4.78 is 0. The summed E-state index contributed by atoms with van der Waals surface area (Å²) in [6, 6.07) is 26.5. The van der Waals surface area contributed by atoms with Gasteiger partial charge in [0.05, 0.1) is 6.54 Å². The van der Waals surface area contributed by atoms with Crippen molar-refractivity contribution in [3.63, 3.8) is 0 Å². The third-order valence-electron chi connectivity index (χ3n) is 6.00.